The van der Waals surface area contributed by atoms with Gasteiger partial charge in [0.2, 0.25) is 17.6 Å². The zero-order valence-electron chi connectivity index (χ0n) is 30.9. The molecule has 8 rings (SSSR count). The largest absolute Gasteiger partial charge is 0.468 e. The average molecular weight is 757 g/mol. The van der Waals surface area contributed by atoms with Gasteiger partial charge in [-0.3, -0.25) is 14.6 Å². The van der Waals surface area contributed by atoms with E-state index in [9.17, 15) is 13.6 Å². The number of fused-ring (bicyclic) bond motifs is 2. The molecule has 0 saturated carbocycles. The number of alkyl halides is 2. The van der Waals surface area contributed by atoms with Gasteiger partial charge in [0.15, 0.2) is 17.0 Å². The van der Waals surface area contributed by atoms with Crippen molar-refractivity contribution in [2.75, 3.05) is 26.7 Å². The molecule has 4 heterocycles. The fraction of sp³-hybridized carbons (Fsp3) is 0.357. The molecule has 55 heavy (non-hydrogen) atoms. The lowest BCUT2D eigenvalue weighted by molar-refractivity contribution is -0.146. The number of carbonyl (C=O) groups excluding carboxylic acids is 1. The highest BCUT2D eigenvalue weighted by Crippen LogP contribution is 2.40. The average Bonchev–Trinajstić information content (AvgIpc) is 4.00. The van der Waals surface area contributed by atoms with Crippen LogP contribution in [0.2, 0.25) is 0 Å². The lowest BCUT2D eigenvalue weighted by Gasteiger charge is -2.24. The van der Waals surface area contributed by atoms with Crippen LogP contribution in [-0.2, 0) is 16.1 Å². The number of methoxy groups -OCH3 is 1. The van der Waals surface area contributed by atoms with Gasteiger partial charge in [0.25, 0.3) is 0 Å². The van der Waals surface area contributed by atoms with Gasteiger partial charge in [-0.25, -0.2) is 14.4 Å². The van der Waals surface area contributed by atoms with Crippen molar-refractivity contribution >= 4 is 28.2 Å². The predicted octanol–water partition coefficient (Wildman–Crippen LogP) is 9.76. The first kappa shape index (κ1) is 36.7. The lowest BCUT2D eigenvalue weighted by atomic mass is 9.91. The Morgan fingerprint density at radius 2 is 1.49 bits per heavy atom. The van der Waals surface area contributed by atoms with Gasteiger partial charge in [0.1, 0.15) is 22.8 Å². The van der Waals surface area contributed by atoms with E-state index in [1.807, 2.05) is 62.1 Å². The normalized spacial score (nSPS) is 17.2. The third-order valence-electron chi connectivity index (χ3n) is 11.1. The summed E-state index contributed by atoms with van der Waals surface area (Å²) in [5.41, 5.74) is 6.11. The van der Waals surface area contributed by atoms with E-state index in [-0.39, 0.29) is 58.3 Å². The van der Waals surface area contributed by atoms with Crippen LogP contribution >= 0.6 is 0 Å². The summed E-state index contributed by atoms with van der Waals surface area (Å²) in [5.74, 6) is -1.93. The maximum absolute atomic E-state index is 15.5. The molecule has 2 atom stereocenters. The summed E-state index contributed by atoms with van der Waals surface area (Å²) < 4.78 is 79.9. The molecular formula is C42H40F4N4O5. The Balaban J connectivity index is 1.13. The molecule has 0 N–H and O–H groups in total. The van der Waals surface area contributed by atoms with Gasteiger partial charge in [-0.1, -0.05) is 24.3 Å². The summed E-state index contributed by atoms with van der Waals surface area (Å²) in [6.07, 6.45) is 3.43. The second kappa shape index (κ2) is 14.8. The molecule has 4 aromatic carbocycles. The molecule has 9 nitrogen and oxygen atoms in total. The molecule has 286 valence electrons. The summed E-state index contributed by atoms with van der Waals surface area (Å²) in [6.45, 7) is 5.12. The third kappa shape index (κ3) is 6.73. The number of nitrogens with zero attached hydrogens (tertiary/aromatic N) is 4. The summed E-state index contributed by atoms with van der Waals surface area (Å²) in [6, 6.07) is 15.2. The van der Waals surface area contributed by atoms with E-state index < -0.39 is 24.3 Å². The maximum atomic E-state index is 15.5. The fourth-order valence-corrected chi connectivity index (χ4v) is 8.17. The van der Waals surface area contributed by atoms with E-state index in [0.717, 1.165) is 54.6 Å². The molecule has 0 spiro atoms. The number of halogens is 4. The third-order valence-corrected chi connectivity index (χ3v) is 11.1. The van der Waals surface area contributed by atoms with Crippen LogP contribution in [-0.4, -0.2) is 65.1 Å². The SMILES string of the molecule is COC(=O)[C@@H]1CCCN1Cc1cc2nc(-c3cccc(-c4cccc(-c5nc6cc(C(C)N7CCCC7)c(F)c(F)c6o5)c4C)c3C)oc2cc1OC(F)F. The number of esters is 1. The van der Waals surface area contributed by atoms with E-state index in [0.29, 0.717) is 35.2 Å². The molecule has 0 radical (unpaired) electrons. The van der Waals surface area contributed by atoms with Crippen molar-refractivity contribution in [2.45, 2.75) is 71.7 Å². The quantitative estimate of drug-likeness (QED) is 0.100. The van der Waals surface area contributed by atoms with Crippen molar-refractivity contribution in [3.05, 3.63) is 88.5 Å². The van der Waals surface area contributed by atoms with Crippen LogP contribution in [0.5, 0.6) is 5.75 Å². The Kier molecular flexibility index (Phi) is 9.85. The van der Waals surface area contributed by atoms with Crippen LogP contribution in [0.15, 0.2) is 63.4 Å². The van der Waals surface area contributed by atoms with Gasteiger partial charge in [0, 0.05) is 40.9 Å². The van der Waals surface area contributed by atoms with Crippen molar-refractivity contribution < 1.29 is 40.7 Å². The Morgan fingerprint density at radius 3 is 2.15 bits per heavy atom. The topological polar surface area (TPSA) is 94.1 Å². The highest BCUT2D eigenvalue weighted by molar-refractivity contribution is 5.85. The first-order chi connectivity index (χ1) is 26.5. The number of hydrogen-bond donors (Lipinski definition) is 0. The summed E-state index contributed by atoms with van der Waals surface area (Å²) in [5, 5.41) is 0. The first-order valence-corrected chi connectivity index (χ1v) is 18.4. The van der Waals surface area contributed by atoms with Crippen molar-refractivity contribution in [3.8, 4) is 39.8 Å². The number of benzene rings is 4. The standard InChI is InChI=1S/C42H40F4N4O5/c1-22-26(27-11-8-13-29(23(27)2)40-48-32-19-30(24(3)49-15-5-6-16-49)36(43)37(44)38(32)55-40)10-7-12-28(22)39-47-31-18-25(34(54-42(45)46)20-35(31)53-39)21-50-17-9-14-33(50)41(51)52-4/h7-8,10-13,18-20,24,33,42H,5-6,9,14-17,21H2,1-4H3/t24?,33-/m0/s1. The molecular weight excluding hydrogens is 716 g/mol. The molecule has 2 aliphatic rings. The molecule has 2 saturated heterocycles. The van der Waals surface area contributed by atoms with Crippen LogP contribution in [0, 0.1) is 25.5 Å². The smallest absolute Gasteiger partial charge is 0.387 e. The second-order valence-electron chi connectivity index (χ2n) is 14.3. The van der Waals surface area contributed by atoms with Crippen molar-refractivity contribution in [1.29, 1.82) is 0 Å². The molecule has 2 aromatic heterocycles. The highest BCUT2D eigenvalue weighted by Gasteiger charge is 2.33. The van der Waals surface area contributed by atoms with Gasteiger partial charge in [-0.05, 0) is 113 Å². The minimum atomic E-state index is -3.07. The van der Waals surface area contributed by atoms with Gasteiger partial charge >= 0.3 is 12.6 Å². The van der Waals surface area contributed by atoms with E-state index in [1.54, 1.807) is 12.1 Å². The fourth-order valence-electron chi connectivity index (χ4n) is 8.17. The predicted molar refractivity (Wildman–Crippen MR) is 199 cm³/mol. The summed E-state index contributed by atoms with van der Waals surface area (Å²) in [4.78, 5) is 25.8. The van der Waals surface area contributed by atoms with E-state index in [4.69, 9.17) is 23.3 Å². The lowest BCUT2D eigenvalue weighted by Crippen LogP contribution is -2.36. The number of carbonyl (C=O) groups is 1. The van der Waals surface area contributed by atoms with Crippen molar-refractivity contribution in [1.82, 2.24) is 19.8 Å². The Morgan fingerprint density at radius 1 is 0.855 bits per heavy atom. The van der Waals surface area contributed by atoms with Crippen LogP contribution < -0.4 is 4.74 Å². The molecule has 2 aliphatic heterocycles. The Labute approximate surface area is 314 Å². The van der Waals surface area contributed by atoms with E-state index >= 15 is 8.78 Å². The molecule has 6 aromatic rings. The number of rotatable bonds is 10. The highest BCUT2D eigenvalue weighted by atomic mass is 19.3. The monoisotopic (exact) mass is 756 g/mol. The number of oxazole rings is 2. The Hall–Kier alpha value is -5.27. The molecule has 13 heteroatoms. The molecule has 0 amide bonds. The van der Waals surface area contributed by atoms with Crippen LogP contribution in [0.1, 0.15) is 60.9 Å². The molecule has 2 fully saturated rings. The zero-order valence-corrected chi connectivity index (χ0v) is 30.9. The van der Waals surface area contributed by atoms with Gasteiger partial charge in [-0.15, -0.1) is 0 Å². The van der Waals surface area contributed by atoms with Crippen LogP contribution in [0.25, 0.3) is 56.2 Å². The molecule has 0 aliphatic carbocycles. The van der Waals surface area contributed by atoms with Gasteiger partial charge in [0.05, 0.1) is 7.11 Å². The molecule has 1 unspecified atom stereocenters. The van der Waals surface area contributed by atoms with E-state index in [1.165, 1.54) is 13.2 Å². The first-order valence-electron chi connectivity index (χ1n) is 18.4. The number of likely N-dealkylation sites (tertiary alicyclic amines) is 2. The minimum Gasteiger partial charge on any atom is -0.468 e. The van der Waals surface area contributed by atoms with Crippen LogP contribution in [0.3, 0.4) is 0 Å². The summed E-state index contributed by atoms with van der Waals surface area (Å²) >= 11 is 0. The van der Waals surface area contributed by atoms with E-state index in [2.05, 4.69) is 9.88 Å². The van der Waals surface area contributed by atoms with Gasteiger partial charge < -0.3 is 18.3 Å². The number of ether oxygens (including phenoxy) is 2. The zero-order chi connectivity index (χ0) is 38.5. The van der Waals surface area contributed by atoms with Crippen LogP contribution in [0.4, 0.5) is 17.6 Å². The Bertz CT molecular complexity index is 2420. The number of aromatic nitrogens is 2. The molecule has 0 bridgehead atoms. The summed E-state index contributed by atoms with van der Waals surface area (Å²) in [7, 11) is 1.33. The number of hydrogen-bond acceptors (Lipinski definition) is 9. The minimum absolute atomic E-state index is 0.0576. The second-order valence-corrected chi connectivity index (χ2v) is 14.3. The van der Waals surface area contributed by atoms with Crippen molar-refractivity contribution in [3.63, 3.8) is 0 Å². The maximum Gasteiger partial charge on any atom is 0.387 e. The van der Waals surface area contributed by atoms with Crippen molar-refractivity contribution in [2.24, 2.45) is 0 Å². The van der Waals surface area contributed by atoms with Gasteiger partial charge in [-0.2, -0.15) is 13.2 Å².